The zero-order valence-corrected chi connectivity index (χ0v) is 20.5. The molecule has 3 heterocycles. The fourth-order valence-corrected chi connectivity index (χ4v) is 6.57. The molecule has 3 aliphatic rings. The van der Waals surface area contributed by atoms with Crippen molar-refractivity contribution in [1.82, 2.24) is 25.2 Å². The van der Waals surface area contributed by atoms with Crippen molar-refractivity contribution in [3.8, 4) is 0 Å². The molecule has 1 N–H and O–H groups in total. The van der Waals surface area contributed by atoms with E-state index in [1.54, 1.807) is 23.7 Å². The van der Waals surface area contributed by atoms with Crippen LogP contribution in [0, 0.1) is 12.8 Å². The van der Waals surface area contributed by atoms with Gasteiger partial charge in [-0.15, -0.1) is 11.3 Å². The second-order valence-corrected chi connectivity index (χ2v) is 11.4. The first-order chi connectivity index (χ1) is 16.3. The third kappa shape index (κ3) is 5.79. The van der Waals surface area contributed by atoms with Crippen LogP contribution >= 0.6 is 11.3 Å². The summed E-state index contributed by atoms with van der Waals surface area (Å²) in [7, 11) is 0. The molecule has 34 heavy (non-hydrogen) atoms. The quantitative estimate of drug-likeness (QED) is 0.624. The van der Waals surface area contributed by atoms with Crippen LogP contribution in [0.15, 0.2) is 12.4 Å². The van der Waals surface area contributed by atoms with Crippen molar-refractivity contribution in [3.05, 3.63) is 39.4 Å². The highest BCUT2D eigenvalue weighted by molar-refractivity contribution is 7.11. The first-order valence-corrected chi connectivity index (χ1v) is 13.3. The Labute approximate surface area is 203 Å². The zero-order chi connectivity index (χ0) is 23.7. The largest absolute Gasteiger partial charge is 0.353 e. The van der Waals surface area contributed by atoms with Crippen molar-refractivity contribution < 1.29 is 13.6 Å². The van der Waals surface area contributed by atoms with Crippen LogP contribution in [0.25, 0.3) is 0 Å². The number of fused-ring (bicyclic) bond motifs is 1. The molecule has 0 radical (unpaired) electrons. The molecule has 2 aromatic rings. The van der Waals surface area contributed by atoms with Crippen molar-refractivity contribution in [2.45, 2.75) is 89.1 Å². The Kier molecular flexibility index (Phi) is 6.93. The van der Waals surface area contributed by atoms with Gasteiger partial charge in [0.05, 0.1) is 17.1 Å². The van der Waals surface area contributed by atoms with Gasteiger partial charge in [-0.1, -0.05) is 0 Å². The van der Waals surface area contributed by atoms with Crippen LogP contribution in [0.2, 0.25) is 0 Å². The molecule has 184 valence electrons. The fourth-order valence-electron chi connectivity index (χ4n) is 5.41. The van der Waals surface area contributed by atoms with Crippen molar-refractivity contribution in [1.29, 1.82) is 0 Å². The van der Waals surface area contributed by atoms with E-state index in [4.69, 9.17) is 4.98 Å². The Morgan fingerprint density at radius 3 is 2.65 bits per heavy atom. The first-order valence-electron chi connectivity index (χ1n) is 12.5. The number of nitrogens with one attached hydrogen (secondary N) is 1. The summed E-state index contributed by atoms with van der Waals surface area (Å²) in [5.41, 5.74) is 1.96. The van der Waals surface area contributed by atoms with Crippen LogP contribution < -0.4 is 5.32 Å². The Balaban J connectivity index is 1.01. The number of rotatable bonds is 7. The Bertz CT molecular complexity index is 995. The molecular formula is C25H33F2N5OS. The minimum Gasteiger partial charge on any atom is -0.353 e. The number of carbonyl (C=O) groups excluding carboxylic acids is 1. The molecule has 0 atom stereocenters. The Morgan fingerprint density at radius 1 is 1.21 bits per heavy atom. The maximum Gasteiger partial charge on any atom is 0.249 e. The molecule has 0 spiro atoms. The lowest BCUT2D eigenvalue weighted by Gasteiger charge is -2.33. The van der Waals surface area contributed by atoms with E-state index >= 15 is 0 Å². The summed E-state index contributed by atoms with van der Waals surface area (Å²) in [5.74, 6) is -1.07. The summed E-state index contributed by atoms with van der Waals surface area (Å²) in [6, 6.07) is 0.264. The number of amides is 1. The summed E-state index contributed by atoms with van der Waals surface area (Å²) in [4.78, 5) is 29.2. The van der Waals surface area contributed by atoms with Gasteiger partial charge in [0.1, 0.15) is 5.82 Å². The van der Waals surface area contributed by atoms with E-state index in [0.717, 1.165) is 68.0 Å². The summed E-state index contributed by atoms with van der Waals surface area (Å²) in [5, 5.41) is 4.11. The van der Waals surface area contributed by atoms with Gasteiger partial charge in [-0.2, -0.15) is 0 Å². The highest BCUT2D eigenvalue weighted by Gasteiger charge is 2.47. The number of aryl methyl sites for hydroxylation is 1. The molecule has 0 aromatic carbocycles. The number of halogens is 2. The second-order valence-electron chi connectivity index (χ2n) is 10.3. The number of hydrogen-bond acceptors (Lipinski definition) is 6. The van der Waals surface area contributed by atoms with E-state index in [-0.39, 0.29) is 30.7 Å². The van der Waals surface area contributed by atoms with Gasteiger partial charge in [-0.3, -0.25) is 9.69 Å². The fraction of sp³-hybridized carbons (Fsp3) is 0.680. The summed E-state index contributed by atoms with van der Waals surface area (Å²) < 4.78 is 26.5. The SMILES string of the molecule is Cc1ncc(CC(=O)N[C@H]2CC[C@H](CCN3CCc4sc(C5CC(F)(F)C5)nc4C3)CC2)cn1. The first kappa shape index (κ1) is 23.7. The smallest absolute Gasteiger partial charge is 0.249 e. The molecule has 0 bridgehead atoms. The Morgan fingerprint density at radius 2 is 1.94 bits per heavy atom. The lowest BCUT2D eigenvalue weighted by atomic mass is 9.82. The molecule has 0 saturated heterocycles. The number of hydrogen-bond donors (Lipinski definition) is 1. The van der Waals surface area contributed by atoms with Crippen molar-refractivity contribution in [3.63, 3.8) is 0 Å². The summed E-state index contributed by atoms with van der Waals surface area (Å²) in [6.45, 7) is 4.77. The summed E-state index contributed by atoms with van der Waals surface area (Å²) in [6.07, 6.45) is 10.2. The topological polar surface area (TPSA) is 71.0 Å². The van der Waals surface area contributed by atoms with Crippen LogP contribution in [0.1, 0.15) is 77.8 Å². The second kappa shape index (κ2) is 9.93. The van der Waals surface area contributed by atoms with Crippen molar-refractivity contribution in [2.75, 3.05) is 13.1 Å². The van der Waals surface area contributed by atoms with Crippen LogP contribution in [-0.2, 0) is 24.2 Å². The number of alkyl halides is 2. The van der Waals surface area contributed by atoms with Crippen LogP contribution in [-0.4, -0.2) is 50.8 Å². The molecule has 2 saturated carbocycles. The molecule has 1 aliphatic heterocycles. The number of carbonyl (C=O) groups is 1. The molecular weight excluding hydrogens is 456 g/mol. The van der Waals surface area contributed by atoms with Crippen LogP contribution in [0.5, 0.6) is 0 Å². The average Bonchev–Trinajstić information content (AvgIpc) is 3.21. The number of nitrogens with zero attached hydrogens (tertiary/aromatic N) is 4. The van der Waals surface area contributed by atoms with Gasteiger partial charge in [0.2, 0.25) is 11.8 Å². The van der Waals surface area contributed by atoms with E-state index in [1.165, 1.54) is 11.3 Å². The van der Waals surface area contributed by atoms with Gasteiger partial charge in [-0.25, -0.2) is 23.7 Å². The van der Waals surface area contributed by atoms with Gasteiger partial charge in [-0.05, 0) is 63.5 Å². The zero-order valence-electron chi connectivity index (χ0n) is 19.7. The molecule has 2 fully saturated rings. The highest BCUT2D eigenvalue weighted by atomic mass is 32.1. The molecule has 9 heteroatoms. The number of thiazole rings is 1. The molecule has 2 aliphatic carbocycles. The van der Waals surface area contributed by atoms with E-state index < -0.39 is 5.92 Å². The lowest BCUT2D eigenvalue weighted by Crippen LogP contribution is -2.39. The maximum atomic E-state index is 13.2. The van der Waals surface area contributed by atoms with Crippen molar-refractivity contribution in [2.24, 2.45) is 5.92 Å². The minimum atomic E-state index is -2.49. The monoisotopic (exact) mass is 489 g/mol. The van der Waals surface area contributed by atoms with Crippen LogP contribution in [0.4, 0.5) is 8.78 Å². The molecule has 2 aromatic heterocycles. The molecule has 0 unspecified atom stereocenters. The minimum absolute atomic E-state index is 0.0351. The van der Waals surface area contributed by atoms with Gasteiger partial charge < -0.3 is 5.32 Å². The van der Waals surface area contributed by atoms with E-state index in [9.17, 15) is 13.6 Å². The number of aromatic nitrogens is 3. The standard InChI is InChI=1S/C25H33F2N5OS/c1-16-28-13-18(14-29-16)10-23(33)30-20-4-2-17(3-5-20)6-8-32-9-7-22-21(15-32)31-24(34-22)19-11-25(26,27)12-19/h13-14,17,19-20H,2-12,15H2,1H3,(H,30,33)/t17-,20-. The molecule has 5 rings (SSSR count). The van der Waals surface area contributed by atoms with E-state index in [1.807, 2.05) is 6.92 Å². The van der Waals surface area contributed by atoms with Gasteiger partial charge >= 0.3 is 0 Å². The lowest BCUT2D eigenvalue weighted by molar-refractivity contribution is -0.121. The predicted octanol–water partition coefficient (Wildman–Crippen LogP) is 4.42. The maximum absolute atomic E-state index is 13.2. The Hall–Kier alpha value is -2.00. The normalized spacial score (nSPS) is 24.9. The van der Waals surface area contributed by atoms with E-state index in [2.05, 4.69) is 20.2 Å². The third-order valence-corrected chi connectivity index (χ3v) is 8.85. The predicted molar refractivity (Wildman–Crippen MR) is 127 cm³/mol. The molecule has 1 amide bonds. The molecule has 6 nitrogen and oxygen atoms in total. The van der Waals surface area contributed by atoms with Gasteiger partial charge in [0, 0.05) is 55.2 Å². The van der Waals surface area contributed by atoms with Crippen molar-refractivity contribution >= 4 is 17.2 Å². The van der Waals surface area contributed by atoms with Gasteiger partial charge in [0.25, 0.3) is 0 Å². The van der Waals surface area contributed by atoms with Crippen LogP contribution in [0.3, 0.4) is 0 Å². The third-order valence-electron chi connectivity index (χ3n) is 7.53. The summed E-state index contributed by atoms with van der Waals surface area (Å²) >= 11 is 1.66. The van der Waals surface area contributed by atoms with Gasteiger partial charge in [0.15, 0.2) is 0 Å². The average molecular weight is 490 g/mol. The highest BCUT2D eigenvalue weighted by Crippen LogP contribution is 2.49. The van der Waals surface area contributed by atoms with E-state index in [0.29, 0.717) is 18.2 Å².